The molecule has 0 unspecified atom stereocenters. The lowest BCUT2D eigenvalue weighted by atomic mass is 10.0. The molecule has 1 N–H and O–H groups in total. The molecule has 1 aromatic heterocycles. The fourth-order valence-electron chi connectivity index (χ4n) is 3.73. The molecular formula is C23H25N3O. The average molecular weight is 359 g/mol. The molecule has 1 amide bonds. The SMILES string of the molecule is Cc1ccc(NC(=O)c2cnc(N3CCCCC3)c3ccccc23)cc1C. The standard InChI is InChI=1S/C23H25N3O/c1-16-10-11-18(14-17(16)2)25-23(27)21-15-24-22(26-12-6-3-7-13-26)20-9-5-4-8-19(20)21/h4-5,8-11,14-15H,3,6-7,12-13H2,1-2H3,(H,25,27). The Labute approximate surface area is 160 Å². The van der Waals surface area contributed by atoms with E-state index in [4.69, 9.17) is 0 Å². The first-order valence-corrected chi connectivity index (χ1v) is 9.65. The third kappa shape index (κ3) is 3.52. The Hall–Kier alpha value is -2.88. The molecule has 0 radical (unpaired) electrons. The van der Waals surface area contributed by atoms with Crippen molar-refractivity contribution in [1.82, 2.24) is 4.98 Å². The summed E-state index contributed by atoms with van der Waals surface area (Å²) in [6, 6.07) is 14.1. The van der Waals surface area contributed by atoms with Gasteiger partial charge in [0, 0.05) is 30.4 Å². The van der Waals surface area contributed by atoms with Crippen LogP contribution in [0.5, 0.6) is 0 Å². The molecule has 27 heavy (non-hydrogen) atoms. The Bertz CT molecular complexity index is 990. The van der Waals surface area contributed by atoms with Crippen molar-refractivity contribution in [3.63, 3.8) is 0 Å². The monoisotopic (exact) mass is 359 g/mol. The number of hydrogen-bond acceptors (Lipinski definition) is 3. The van der Waals surface area contributed by atoms with E-state index in [9.17, 15) is 4.79 Å². The topological polar surface area (TPSA) is 45.2 Å². The van der Waals surface area contributed by atoms with Crippen molar-refractivity contribution < 1.29 is 4.79 Å². The average Bonchev–Trinajstić information content (AvgIpc) is 2.70. The van der Waals surface area contributed by atoms with E-state index in [1.165, 1.54) is 24.8 Å². The van der Waals surface area contributed by atoms with Crippen molar-refractivity contribution in [2.75, 3.05) is 23.3 Å². The highest BCUT2D eigenvalue weighted by Crippen LogP contribution is 2.29. The molecule has 0 saturated carbocycles. The van der Waals surface area contributed by atoms with Crippen molar-refractivity contribution in [1.29, 1.82) is 0 Å². The number of piperidine rings is 1. The number of carbonyl (C=O) groups is 1. The summed E-state index contributed by atoms with van der Waals surface area (Å²) in [6.45, 7) is 6.18. The predicted octanol–water partition coefficient (Wildman–Crippen LogP) is 5.09. The highest BCUT2D eigenvalue weighted by atomic mass is 16.1. The van der Waals surface area contributed by atoms with E-state index in [1.807, 2.05) is 36.4 Å². The van der Waals surface area contributed by atoms with Crippen LogP contribution in [-0.4, -0.2) is 24.0 Å². The van der Waals surface area contributed by atoms with Crippen molar-refractivity contribution in [2.24, 2.45) is 0 Å². The van der Waals surface area contributed by atoms with Gasteiger partial charge in [-0.05, 0) is 61.8 Å². The largest absolute Gasteiger partial charge is 0.356 e. The van der Waals surface area contributed by atoms with Crippen molar-refractivity contribution in [3.8, 4) is 0 Å². The van der Waals surface area contributed by atoms with Crippen molar-refractivity contribution in [2.45, 2.75) is 33.1 Å². The summed E-state index contributed by atoms with van der Waals surface area (Å²) in [5.41, 5.74) is 3.80. The molecule has 1 fully saturated rings. The Kier molecular flexibility index (Phi) is 4.80. The molecule has 0 aliphatic carbocycles. The van der Waals surface area contributed by atoms with Gasteiger partial charge in [-0.3, -0.25) is 4.79 Å². The van der Waals surface area contributed by atoms with Crippen LogP contribution in [0, 0.1) is 13.8 Å². The number of pyridine rings is 1. The minimum absolute atomic E-state index is 0.118. The van der Waals surface area contributed by atoms with Crippen LogP contribution in [-0.2, 0) is 0 Å². The second-order valence-electron chi connectivity index (χ2n) is 7.34. The number of aryl methyl sites for hydroxylation is 2. The molecule has 2 heterocycles. The molecule has 4 rings (SSSR count). The molecule has 0 atom stereocenters. The van der Waals surface area contributed by atoms with Gasteiger partial charge in [0.05, 0.1) is 5.56 Å². The Morgan fingerprint density at radius 2 is 1.70 bits per heavy atom. The van der Waals surface area contributed by atoms with E-state index in [0.29, 0.717) is 5.56 Å². The number of nitrogens with one attached hydrogen (secondary N) is 1. The Balaban J connectivity index is 1.69. The first-order chi connectivity index (χ1) is 13.1. The maximum atomic E-state index is 12.9. The van der Waals surface area contributed by atoms with E-state index in [0.717, 1.165) is 40.9 Å². The maximum absolute atomic E-state index is 12.9. The number of benzene rings is 2. The molecule has 0 bridgehead atoms. The fraction of sp³-hybridized carbons (Fsp3) is 0.304. The molecule has 4 heteroatoms. The number of rotatable bonds is 3. The number of fused-ring (bicyclic) bond motifs is 1. The van der Waals surface area contributed by atoms with Crippen LogP contribution in [0.15, 0.2) is 48.7 Å². The summed E-state index contributed by atoms with van der Waals surface area (Å²) in [5, 5.41) is 5.03. The lowest BCUT2D eigenvalue weighted by molar-refractivity contribution is 0.102. The minimum Gasteiger partial charge on any atom is -0.356 e. The van der Waals surface area contributed by atoms with Crippen LogP contribution >= 0.6 is 0 Å². The van der Waals surface area contributed by atoms with Gasteiger partial charge in [-0.15, -0.1) is 0 Å². The van der Waals surface area contributed by atoms with Crippen LogP contribution in [0.4, 0.5) is 11.5 Å². The van der Waals surface area contributed by atoms with Crippen LogP contribution < -0.4 is 10.2 Å². The van der Waals surface area contributed by atoms with E-state index in [-0.39, 0.29) is 5.91 Å². The molecule has 3 aromatic rings. The molecule has 1 saturated heterocycles. The first kappa shape index (κ1) is 17.5. The van der Waals surface area contributed by atoms with E-state index in [2.05, 4.69) is 35.1 Å². The van der Waals surface area contributed by atoms with Gasteiger partial charge >= 0.3 is 0 Å². The third-order valence-electron chi connectivity index (χ3n) is 5.44. The Morgan fingerprint density at radius 1 is 0.963 bits per heavy atom. The number of anilines is 2. The van der Waals surface area contributed by atoms with Gasteiger partial charge in [-0.1, -0.05) is 30.3 Å². The molecule has 2 aromatic carbocycles. The zero-order valence-corrected chi connectivity index (χ0v) is 16.0. The van der Waals surface area contributed by atoms with Gasteiger partial charge < -0.3 is 10.2 Å². The number of carbonyl (C=O) groups excluding carboxylic acids is 1. The lowest BCUT2D eigenvalue weighted by Crippen LogP contribution is -2.30. The van der Waals surface area contributed by atoms with Gasteiger partial charge in [-0.25, -0.2) is 4.98 Å². The quantitative estimate of drug-likeness (QED) is 0.708. The first-order valence-electron chi connectivity index (χ1n) is 9.65. The van der Waals surface area contributed by atoms with Gasteiger partial charge in [0.2, 0.25) is 0 Å². The van der Waals surface area contributed by atoms with Crippen LogP contribution in [0.2, 0.25) is 0 Å². The molecule has 1 aliphatic rings. The van der Waals surface area contributed by atoms with Gasteiger partial charge in [0.25, 0.3) is 5.91 Å². The minimum atomic E-state index is -0.118. The smallest absolute Gasteiger partial charge is 0.257 e. The number of aromatic nitrogens is 1. The van der Waals surface area contributed by atoms with Gasteiger partial charge in [0.15, 0.2) is 0 Å². The molecule has 138 valence electrons. The van der Waals surface area contributed by atoms with Crippen LogP contribution in [0.25, 0.3) is 10.8 Å². The number of amides is 1. The summed E-state index contributed by atoms with van der Waals surface area (Å²) in [4.78, 5) is 20.0. The summed E-state index contributed by atoms with van der Waals surface area (Å²) < 4.78 is 0. The predicted molar refractivity (Wildman–Crippen MR) is 112 cm³/mol. The van der Waals surface area contributed by atoms with E-state index < -0.39 is 0 Å². The number of hydrogen-bond donors (Lipinski definition) is 1. The second kappa shape index (κ2) is 7.39. The molecule has 4 nitrogen and oxygen atoms in total. The highest BCUT2D eigenvalue weighted by molar-refractivity contribution is 6.14. The maximum Gasteiger partial charge on any atom is 0.257 e. The second-order valence-corrected chi connectivity index (χ2v) is 7.34. The summed E-state index contributed by atoms with van der Waals surface area (Å²) >= 11 is 0. The summed E-state index contributed by atoms with van der Waals surface area (Å²) in [6.07, 6.45) is 5.41. The van der Waals surface area contributed by atoms with Gasteiger partial charge in [0.1, 0.15) is 5.82 Å². The molecular weight excluding hydrogens is 334 g/mol. The Morgan fingerprint density at radius 3 is 2.44 bits per heavy atom. The highest BCUT2D eigenvalue weighted by Gasteiger charge is 2.18. The third-order valence-corrected chi connectivity index (χ3v) is 5.44. The van der Waals surface area contributed by atoms with Gasteiger partial charge in [-0.2, -0.15) is 0 Å². The van der Waals surface area contributed by atoms with Crippen molar-refractivity contribution >= 4 is 28.2 Å². The summed E-state index contributed by atoms with van der Waals surface area (Å²) in [7, 11) is 0. The summed E-state index contributed by atoms with van der Waals surface area (Å²) in [5.74, 6) is 0.875. The zero-order valence-electron chi connectivity index (χ0n) is 16.0. The van der Waals surface area contributed by atoms with E-state index in [1.54, 1.807) is 6.20 Å². The van der Waals surface area contributed by atoms with Crippen LogP contribution in [0.3, 0.4) is 0 Å². The van der Waals surface area contributed by atoms with Crippen molar-refractivity contribution in [3.05, 3.63) is 65.4 Å². The zero-order chi connectivity index (χ0) is 18.8. The molecule has 0 spiro atoms. The normalized spacial score (nSPS) is 14.4. The molecule has 1 aliphatic heterocycles. The lowest BCUT2D eigenvalue weighted by Gasteiger charge is -2.29. The van der Waals surface area contributed by atoms with Crippen LogP contribution in [0.1, 0.15) is 40.7 Å². The number of nitrogens with zero attached hydrogens (tertiary/aromatic N) is 2. The fourth-order valence-corrected chi connectivity index (χ4v) is 3.73. The van der Waals surface area contributed by atoms with E-state index >= 15 is 0 Å².